The lowest BCUT2D eigenvalue weighted by atomic mass is 9.84. The van der Waals surface area contributed by atoms with Gasteiger partial charge in [0.1, 0.15) is 0 Å². The maximum Gasteiger partial charge on any atom is 0.216 e. The number of hydrogen-bond acceptors (Lipinski definition) is 1. The van der Waals surface area contributed by atoms with E-state index in [1.807, 2.05) is 24.3 Å². The second-order valence-corrected chi connectivity index (χ2v) is 4.52. The number of carbonyl (C=O) groups is 1. The van der Waals surface area contributed by atoms with Crippen LogP contribution < -0.4 is 5.32 Å². The predicted molar refractivity (Wildman–Crippen MR) is 66.1 cm³/mol. The maximum atomic E-state index is 10.9. The minimum Gasteiger partial charge on any atom is -0.355 e. The molecule has 1 rings (SSSR count). The van der Waals surface area contributed by atoms with Gasteiger partial charge in [-0.2, -0.15) is 0 Å². The van der Waals surface area contributed by atoms with Gasteiger partial charge in [0.2, 0.25) is 5.91 Å². The van der Waals surface area contributed by atoms with Crippen molar-refractivity contribution in [3.05, 3.63) is 35.4 Å². The molecule has 16 heavy (non-hydrogen) atoms. The topological polar surface area (TPSA) is 29.1 Å². The van der Waals surface area contributed by atoms with Gasteiger partial charge in [0.05, 0.1) is 0 Å². The highest BCUT2D eigenvalue weighted by atomic mass is 16.1. The van der Waals surface area contributed by atoms with Crippen molar-refractivity contribution in [1.29, 1.82) is 0 Å². The van der Waals surface area contributed by atoms with E-state index in [0.29, 0.717) is 6.54 Å². The lowest BCUT2D eigenvalue weighted by molar-refractivity contribution is -0.119. The number of hydrogen-bond donors (Lipinski definition) is 1. The van der Waals surface area contributed by atoms with Gasteiger partial charge in [0.25, 0.3) is 0 Å². The summed E-state index contributed by atoms with van der Waals surface area (Å²) in [4.78, 5) is 10.9. The van der Waals surface area contributed by atoms with Crippen LogP contribution >= 0.6 is 0 Å². The van der Waals surface area contributed by atoms with Crippen LogP contribution in [0, 0.1) is 12.3 Å². The molecule has 0 bridgehead atoms. The minimum atomic E-state index is -0.0845. The van der Waals surface area contributed by atoms with E-state index in [1.165, 1.54) is 12.5 Å². The first kappa shape index (κ1) is 12.3. The smallest absolute Gasteiger partial charge is 0.216 e. The van der Waals surface area contributed by atoms with Crippen molar-refractivity contribution in [3.63, 3.8) is 0 Å². The highest BCUT2D eigenvalue weighted by Crippen LogP contribution is 2.22. The van der Waals surface area contributed by atoms with E-state index in [0.717, 1.165) is 5.56 Å². The predicted octanol–water partition coefficient (Wildman–Crippen LogP) is 2.08. The summed E-state index contributed by atoms with van der Waals surface area (Å²) in [6.07, 6.45) is 5.30. The van der Waals surface area contributed by atoms with Crippen LogP contribution in [0.15, 0.2) is 24.3 Å². The fraction of sp³-hybridized carbons (Fsp3) is 0.357. The molecule has 0 saturated heterocycles. The molecule has 0 fully saturated rings. The Hall–Kier alpha value is -1.75. The molecule has 84 valence electrons. The van der Waals surface area contributed by atoms with Gasteiger partial charge in [-0.1, -0.05) is 31.9 Å². The summed E-state index contributed by atoms with van der Waals surface area (Å²) in [5, 5.41) is 2.83. The van der Waals surface area contributed by atoms with Gasteiger partial charge in [0.15, 0.2) is 0 Å². The third-order valence-electron chi connectivity index (χ3n) is 2.61. The van der Waals surface area contributed by atoms with Crippen LogP contribution in [0.5, 0.6) is 0 Å². The standard InChI is InChI=1S/C14H17NO/c1-5-12-6-8-13(9-7-12)14(3,4)10-15-11(2)16/h1,6-9H,10H2,2-4H3,(H,15,16). The van der Waals surface area contributed by atoms with Gasteiger partial charge in [0, 0.05) is 24.4 Å². The van der Waals surface area contributed by atoms with Crippen LogP contribution in [0.3, 0.4) is 0 Å². The molecule has 2 nitrogen and oxygen atoms in total. The Morgan fingerprint density at radius 1 is 1.38 bits per heavy atom. The van der Waals surface area contributed by atoms with Gasteiger partial charge in [-0.15, -0.1) is 6.42 Å². The Labute approximate surface area is 97.1 Å². The molecule has 2 heteroatoms. The largest absolute Gasteiger partial charge is 0.355 e. The first-order valence-electron chi connectivity index (χ1n) is 5.27. The molecular formula is C14H17NO. The maximum absolute atomic E-state index is 10.9. The molecule has 0 atom stereocenters. The average Bonchev–Trinajstić information content (AvgIpc) is 2.27. The highest BCUT2D eigenvalue weighted by molar-refractivity contribution is 5.72. The van der Waals surface area contributed by atoms with E-state index in [-0.39, 0.29) is 11.3 Å². The molecule has 0 aromatic heterocycles. The zero-order chi connectivity index (χ0) is 12.2. The first-order chi connectivity index (χ1) is 7.45. The van der Waals surface area contributed by atoms with Gasteiger partial charge < -0.3 is 5.32 Å². The van der Waals surface area contributed by atoms with E-state index in [9.17, 15) is 4.79 Å². The Morgan fingerprint density at radius 3 is 2.38 bits per heavy atom. The normalized spacial score (nSPS) is 10.6. The summed E-state index contributed by atoms with van der Waals surface area (Å²) in [6, 6.07) is 7.86. The molecule has 1 N–H and O–H groups in total. The van der Waals surface area contributed by atoms with Gasteiger partial charge in [-0.05, 0) is 17.7 Å². The molecule has 0 radical (unpaired) electrons. The molecule has 0 heterocycles. The van der Waals surface area contributed by atoms with E-state index < -0.39 is 0 Å². The zero-order valence-electron chi connectivity index (χ0n) is 10.0. The Morgan fingerprint density at radius 2 is 1.94 bits per heavy atom. The summed E-state index contributed by atoms with van der Waals surface area (Å²) in [6.45, 7) is 6.33. The van der Waals surface area contributed by atoms with Gasteiger partial charge in [-0.3, -0.25) is 4.79 Å². The summed E-state index contributed by atoms with van der Waals surface area (Å²) in [5.41, 5.74) is 1.96. The summed E-state index contributed by atoms with van der Waals surface area (Å²) < 4.78 is 0. The van der Waals surface area contributed by atoms with Crippen LogP contribution in [-0.4, -0.2) is 12.5 Å². The molecule has 1 aromatic rings. The molecule has 0 unspecified atom stereocenters. The second-order valence-electron chi connectivity index (χ2n) is 4.52. The Bertz CT molecular complexity index is 409. The first-order valence-corrected chi connectivity index (χ1v) is 5.27. The third kappa shape index (κ3) is 3.13. The molecule has 1 aromatic carbocycles. The Balaban J connectivity index is 2.81. The van der Waals surface area contributed by atoms with Crippen LogP contribution in [0.1, 0.15) is 31.9 Å². The van der Waals surface area contributed by atoms with E-state index >= 15 is 0 Å². The monoisotopic (exact) mass is 215 g/mol. The fourth-order valence-electron chi connectivity index (χ4n) is 1.47. The van der Waals surface area contributed by atoms with Crippen molar-refractivity contribution >= 4 is 5.91 Å². The number of nitrogens with one attached hydrogen (secondary N) is 1. The van der Waals surface area contributed by atoms with E-state index in [4.69, 9.17) is 6.42 Å². The van der Waals surface area contributed by atoms with Crippen molar-refractivity contribution in [2.45, 2.75) is 26.2 Å². The molecular weight excluding hydrogens is 198 g/mol. The Kier molecular flexibility index (Phi) is 3.73. The third-order valence-corrected chi connectivity index (χ3v) is 2.61. The number of amides is 1. The van der Waals surface area contributed by atoms with Gasteiger partial charge in [-0.25, -0.2) is 0 Å². The van der Waals surface area contributed by atoms with Crippen molar-refractivity contribution < 1.29 is 4.79 Å². The van der Waals surface area contributed by atoms with Crippen molar-refractivity contribution in [3.8, 4) is 12.3 Å². The summed E-state index contributed by atoms with van der Waals surface area (Å²) >= 11 is 0. The second kappa shape index (κ2) is 4.85. The van der Waals surface area contributed by atoms with Crippen LogP contribution in [0.25, 0.3) is 0 Å². The number of carbonyl (C=O) groups excluding carboxylic acids is 1. The molecule has 1 amide bonds. The number of terminal acetylenes is 1. The lowest BCUT2D eigenvalue weighted by Gasteiger charge is -2.25. The minimum absolute atomic E-state index is 0.00619. The molecule has 0 saturated carbocycles. The average molecular weight is 215 g/mol. The number of benzene rings is 1. The molecule has 0 aliphatic heterocycles. The molecule has 0 aliphatic carbocycles. The fourth-order valence-corrected chi connectivity index (χ4v) is 1.47. The molecule has 0 spiro atoms. The van der Waals surface area contributed by atoms with Crippen LogP contribution in [-0.2, 0) is 10.2 Å². The van der Waals surface area contributed by atoms with Crippen molar-refractivity contribution in [2.75, 3.05) is 6.54 Å². The van der Waals surface area contributed by atoms with Gasteiger partial charge >= 0.3 is 0 Å². The van der Waals surface area contributed by atoms with Crippen LogP contribution in [0.4, 0.5) is 0 Å². The van der Waals surface area contributed by atoms with Crippen molar-refractivity contribution in [1.82, 2.24) is 5.32 Å². The van der Waals surface area contributed by atoms with Crippen molar-refractivity contribution in [2.24, 2.45) is 0 Å². The quantitative estimate of drug-likeness (QED) is 0.768. The van der Waals surface area contributed by atoms with E-state index in [1.54, 1.807) is 0 Å². The van der Waals surface area contributed by atoms with E-state index in [2.05, 4.69) is 25.1 Å². The highest BCUT2D eigenvalue weighted by Gasteiger charge is 2.20. The SMILES string of the molecule is C#Cc1ccc(C(C)(C)CNC(C)=O)cc1. The summed E-state index contributed by atoms with van der Waals surface area (Å²) in [5.74, 6) is 2.58. The zero-order valence-corrected chi connectivity index (χ0v) is 10.0. The molecule has 0 aliphatic rings. The lowest BCUT2D eigenvalue weighted by Crippen LogP contribution is -2.35. The number of rotatable bonds is 3. The van der Waals surface area contributed by atoms with Crippen LogP contribution in [0.2, 0.25) is 0 Å². The summed E-state index contributed by atoms with van der Waals surface area (Å²) in [7, 11) is 0.